The molecule has 1 aromatic carbocycles. The molecule has 1 amide bonds. The van der Waals surface area contributed by atoms with E-state index in [-0.39, 0.29) is 5.88 Å². The van der Waals surface area contributed by atoms with Crippen molar-refractivity contribution in [3.8, 4) is 17.4 Å². The van der Waals surface area contributed by atoms with Gasteiger partial charge in [-0.05, 0) is 48.0 Å². The quantitative estimate of drug-likeness (QED) is 0.557. The molecule has 1 fully saturated rings. The van der Waals surface area contributed by atoms with Crippen LogP contribution in [0.3, 0.4) is 0 Å². The van der Waals surface area contributed by atoms with Crippen LogP contribution >= 0.6 is 0 Å². The maximum absolute atomic E-state index is 12.6. The highest BCUT2D eigenvalue weighted by Crippen LogP contribution is 2.30. The van der Waals surface area contributed by atoms with Gasteiger partial charge in [0.2, 0.25) is 5.88 Å². The van der Waals surface area contributed by atoms with Crippen molar-refractivity contribution in [1.82, 2.24) is 19.8 Å². The van der Waals surface area contributed by atoms with Gasteiger partial charge in [-0.3, -0.25) is 9.88 Å². The number of pyridine rings is 2. The lowest BCUT2D eigenvalue weighted by atomic mass is 10.2. The number of benzene rings is 1. The van der Waals surface area contributed by atoms with Gasteiger partial charge in [-0.15, -0.1) is 0 Å². The lowest BCUT2D eigenvalue weighted by Crippen LogP contribution is -2.49. The molecule has 0 saturated carbocycles. The number of halogens is 3. The van der Waals surface area contributed by atoms with Gasteiger partial charge in [0.25, 0.3) is 0 Å². The van der Waals surface area contributed by atoms with Crippen molar-refractivity contribution in [3.05, 3.63) is 78.2 Å². The van der Waals surface area contributed by atoms with Gasteiger partial charge < -0.3 is 14.4 Å². The van der Waals surface area contributed by atoms with Crippen molar-refractivity contribution in [1.29, 1.82) is 0 Å². The Morgan fingerprint density at radius 2 is 1.58 bits per heavy atom. The zero-order chi connectivity index (χ0) is 23.3. The van der Waals surface area contributed by atoms with E-state index in [1.54, 1.807) is 41.6 Å². The molecule has 0 aliphatic carbocycles. The summed E-state index contributed by atoms with van der Waals surface area (Å²) in [6.07, 6.45) is -0.652. The SMILES string of the molecule is O=C(Oc1ccc(Oc2ccc(C(F)(F)F)cn2)cc1)N1CCN(Cc2ccncc2)CC1. The summed E-state index contributed by atoms with van der Waals surface area (Å²) in [4.78, 5) is 24.1. The summed E-state index contributed by atoms with van der Waals surface area (Å²) in [6.45, 7) is 3.41. The Hall–Kier alpha value is -3.66. The Labute approximate surface area is 188 Å². The topological polar surface area (TPSA) is 67.8 Å². The first kappa shape index (κ1) is 22.5. The summed E-state index contributed by atoms with van der Waals surface area (Å²) < 4.78 is 48.7. The second-order valence-electron chi connectivity index (χ2n) is 7.44. The number of alkyl halides is 3. The highest BCUT2D eigenvalue weighted by Gasteiger charge is 2.30. The van der Waals surface area contributed by atoms with Crippen molar-refractivity contribution >= 4 is 6.09 Å². The van der Waals surface area contributed by atoms with Crippen LogP contribution < -0.4 is 9.47 Å². The second-order valence-corrected chi connectivity index (χ2v) is 7.44. The van der Waals surface area contributed by atoms with Gasteiger partial charge in [-0.1, -0.05) is 0 Å². The van der Waals surface area contributed by atoms with E-state index in [2.05, 4.69) is 14.9 Å². The van der Waals surface area contributed by atoms with E-state index >= 15 is 0 Å². The molecule has 1 saturated heterocycles. The van der Waals surface area contributed by atoms with Gasteiger partial charge in [-0.2, -0.15) is 13.2 Å². The van der Waals surface area contributed by atoms with Crippen molar-refractivity contribution in [2.75, 3.05) is 26.2 Å². The number of carbonyl (C=O) groups is 1. The first-order valence-corrected chi connectivity index (χ1v) is 10.3. The van der Waals surface area contributed by atoms with Crippen molar-refractivity contribution in [3.63, 3.8) is 0 Å². The fraction of sp³-hybridized carbons (Fsp3) is 0.261. The van der Waals surface area contributed by atoms with Gasteiger partial charge in [0, 0.05) is 57.4 Å². The summed E-state index contributed by atoms with van der Waals surface area (Å²) in [5, 5.41) is 0. The normalized spacial score (nSPS) is 14.7. The lowest BCUT2D eigenvalue weighted by Gasteiger charge is -2.34. The van der Waals surface area contributed by atoms with Gasteiger partial charge in [-0.25, -0.2) is 9.78 Å². The number of ether oxygens (including phenoxy) is 2. The molecule has 3 aromatic rings. The van der Waals surface area contributed by atoms with Gasteiger partial charge in [0.05, 0.1) is 5.56 Å². The van der Waals surface area contributed by atoms with Crippen LogP contribution in [0.1, 0.15) is 11.1 Å². The van der Waals surface area contributed by atoms with E-state index in [4.69, 9.17) is 9.47 Å². The van der Waals surface area contributed by atoms with Crippen LogP contribution in [0.15, 0.2) is 67.1 Å². The average molecular weight is 458 g/mol. The fourth-order valence-corrected chi connectivity index (χ4v) is 3.31. The largest absolute Gasteiger partial charge is 0.439 e. The smallest absolute Gasteiger partial charge is 0.417 e. The molecule has 0 unspecified atom stereocenters. The Kier molecular flexibility index (Phi) is 6.74. The van der Waals surface area contributed by atoms with E-state index in [1.165, 1.54) is 5.56 Å². The molecule has 0 spiro atoms. The summed E-state index contributed by atoms with van der Waals surface area (Å²) in [6, 6.07) is 12.2. The summed E-state index contributed by atoms with van der Waals surface area (Å²) in [5.41, 5.74) is 0.324. The van der Waals surface area contributed by atoms with Gasteiger partial charge >= 0.3 is 12.3 Å². The Bertz CT molecular complexity index is 1050. The molecule has 10 heteroatoms. The molecular formula is C23H21F3N4O3. The predicted molar refractivity (Wildman–Crippen MR) is 113 cm³/mol. The van der Waals surface area contributed by atoms with Crippen LogP contribution in [0.4, 0.5) is 18.0 Å². The molecule has 0 bridgehead atoms. The molecule has 1 aliphatic heterocycles. The zero-order valence-electron chi connectivity index (χ0n) is 17.5. The fourth-order valence-electron chi connectivity index (χ4n) is 3.31. The highest BCUT2D eigenvalue weighted by atomic mass is 19.4. The summed E-state index contributed by atoms with van der Waals surface area (Å²) >= 11 is 0. The Morgan fingerprint density at radius 1 is 0.909 bits per heavy atom. The number of rotatable bonds is 5. The number of carbonyl (C=O) groups excluding carboxylic acids is 1. The Balaban J connectivity index is 1.25. The average Bonchev–Trinajstić information content (AvgIpc) is 2.81. The minimum absolute atomic E-state index is 0.0254. The van der Waals surface area contributed by atoms with Gasteiger partial charge in [0.15, 0.2) is 0 Å². The molecule has 0 N–H and O–H groups in total. The monoisotopic (exact) mass is 458 g/mol. The van der Waals surface area contributed by atoms with Crippen LogP contribution in [0, 0.1) is 0 Å². The molecule has 1 aliphatic rings. The minimum Gasteiger partial charge on any atom is -0.439 e. The van der Waals surface area contributed by atoms with Crippen LogP contribution in [0.25, 0.3) is 0 Å². The number of amides is 1. The highest BCUT2D eigenvalue weighted by molar-refractivity contribution is 5.70. The molecule has 0 atom stereocenters. The number of nitrogens with zero attached hydrogens (tertiary/aromatic N) is 4. The summed E-state index contributed by atoms with van der Waals surface area (Å²) in [5.74, 6) is 0.719. The van der Waals surface area contributed by atoms with Crippen LogP contribution in [0.5, 0.6) is 17.4 Å². The molecule has 33 heavy (non-hydrogen) atoms. The minimum atomic E-state index is -4.46. The number of aromatic nitrogens is 2. The maximum Gasteiger partial charge on any atom is 0.417 e. The van der Waals surface area contributed by atoms with Crippen molar-refractivity contribution in [2.45, 2.75) is 12.7 Å². The molecule has 7 nitrogen and oxygen atoms in total. The van der Waals surface area contributed by atoms with E-state index in [0.29, 0.717) is 30.8 Å². The number of piperazine rings is 1. The van der Waals surface area contributed by atoms with Crippen molar-refractivity contribution < 1.29 is 27.4 Å². The maximum atomic E-state index is 12.6. The van der Waals surface area contributed by atoms with E-state index in [0.717, 1.165) is 31.8 Å². The van der Waals surface area contributed by atoms with Crippen molar-refractivity contribution in [2.24, 2.45) is 0 Å². The first-order chi connectivity index (χ1) is 15.9. The molecule has 3 heterocycles. The Morgan fingerprint density at radius 3 is 2.18 bits per heavy atom. The lowest BCUT2D eigenvalue weighted by molar-refractivity contribution is -0.137. The summed E-state index contributed by atoms with van der Waals surface area (Å²) in [7, 11) is 0. The van der Waals surface area contributed by atoms with Gasteiger partial charge in [0.1, 0.15) is 11.5 Å². The third kappa shape index (κ3) is 6.19. The van der Waals surface area contributed by atoms with E-state index in [9.17, 15) is 18.0 Å². The standard InChI is InChI=1S/C23H21F3N4O3/c24-23(25,26)18-1-6-21(28-15-18)32-19-2-4-20(5-3-19)33-22(31)30-13-11-29(12-14-30)16-17-7-9-27-10-8-17/h1-10,15H,11-14,16H2. The predicted octanol–water partition coefficient (Wildman–Crippen LogP) is 4.60. The van der Waals surface area contributed by atoms with Crippen LogP contribution in [0.2, 0.25) is 0 Å². The number of hydrogen-bond acceptors (Lipinski definition) is 6. The molecule has 0 radical (unpaired) electrons. The first-order valence-electron chi connectivity index (χ1n) is 10.3. The molecular weight excluding hydrogens is 437 g/mol. The van der Waals surface area contributed by atoms with Crippen LogP contribution in [-0.2, 0) is 12.7 Å². The van der Waals surface area contributed by atoms with E-state index < -0.39 is 17.8 Å². The van der Waals surface area contributed by atoms with Crippen LogP contribution in [-0.4, -0.2) is 52.0 Å². The zero-order valence-corrected chi connectivity index (χ0v) is 17.5. The molecule has 4 rings (SSSR count). The third-order valence-electron chi connectivity index (χ3n) is 5.10. The molecule has 2 aromatic heterocycles. The van der Waals surface area contributed by atoms with E-state index in [1.807, 2.05) is 12.1 Å². The molecule has 172 valence electrons. The third-order valence-corrected chi connectivity index (χ3v) is 5.10. The second kappa shape index (κ2) is 9.86. The number of hydrogen-bond donors (Lipinski definition) is 0.